The van der Waals surface area contributed by atoms with Crippen LogP contribution < -0.4 is 0 Å². The Morgan fingerprint density at radius 1 is 1.26 bits per heavy atom. The molecule has 0 aromatic rings. The number of hydrogen-bond acceptors (Lipinski definition) is 3. The zero-order valence-electron chi connectivity index (χ0n) is 11.3. The van der Waals surface area contributed by atoms with Crippen molar-refractivity contribution in [2.45, 2.75) is 32.6 Å². The highest BCUT2D eigenvalue weighted by molar-refractivity contribution is 6.12. The second kappa shape index (κ2) is 5.99. The normalized spacial score (nSPS) is 22.7. The Bertz CT molecular complexity index is 399. The fourth-order valence-corrected chi connectivity index (χ4v) is 2.52. The zero-order chi connectivity index (χ0) is 13.8. The molecular weight excluding hydrogens is 244 g/mol. The highest BCUT2D eigenvalue weighted by Gasteiger charge is 2.24. The van der Waals surface area contributed by atoms with Crippen molar-refractivity contribution >= 4 is 17.7 Å². The third-order valence-electron chi connectivity index (χ3n) is 3.70. The minimum Gasteiger partial charge on any atom is -0.342 e. The molecule has 1 saturated heterocycles. The van der Waals surface area contributed by atoms with Crippen molar-refractivity contribution in [3.63, 3.8) is 0 Å². The van der Waals surface area contributed by atoms with E-state index < -0.39 is 0 Å². The smallest absolute Gasteiger partial charge is 0.253 e. The van der Waals surface area contributed by atoms with Gasteiger partial charge in [0.2, 0.25) is 5.91 Å². The first-order chi connectivity index (χ1) is 9.08. The molecule has 0 aliphatic carbocycles. The second-order valence-electron chi connectivity index (χ2n) is 5.35. The Morgan fingerprint density at radius 2 is 1.95 bits per heavy atom. The molecule has 0 N–H and O–H groups in total. The van der Waals surface area contributed by atoms with E-state index >= 15 is 0 Å². The Balaban J connectivity index is 1.63. The SMILES string of the molecule is C[C@@H]1CCN(C(=O)CCCCN2C(=O)C=CC2=O)C1. The second-order valence-corrected chi connectivity index (χ2v) is 5.35. The number of carbonyl (C=O) groups is 3. The average Bonchev–Trinajstić information content (AvgIpc) is 2.94. The zero-order valence-corrected chi connectivity index (χ0v) is 11.3. The lowest BCUT2D eigenvalue weighted by Crippen LogP contribution is -2.31. The molecule has 0 radical (unpaired) electrons. The first kappa shape index (κ1) is 13.8. The summed E-state index contributed by atoms with van der Waals surface area (Å²) in [4.78, 5) is 37.6. The summed E-state index contributed by atoms with van der Waals surface area (Å²) in [6, 6.07) is 0. The molecule has 19 heavy (non-hydrogen) atoms. The lowest BCUT2D eigenvalue weighted by atomic mass is 10.2. The molecule has 5 nitrogen and oxygen atoms in total. The molecule has 0 saturated carbocycles. The van der Waals surface area contributed by atoms with Gasteiger partial charge in [-0.15, -0.1) is 0 Å². The molecule has 0 unspecified atom stereocenters. The van der Waals surface area contributed by atoms with Crippen molar-refractivity contribution < 1.29 is 14.4 Å². The van der Waals surface area contributed by atoms with E-state index in [-0.39, 0.29) is 17.7 Å². The number of hydrogen-bond donors (Lipinski definition) is 0. The maximum atomic E-state index is 11.9. The molecule has 5 heteroatoms. The number of likely N-dealkylation sites (tertiary alicyclic amines) is 1. The van der Waals surface area contributed by atoms with Crippen LogP contribution in [0.25, 0.3) is 0 Å². The van der Waals surface area contributed by atoms with E-state index in [2.05, 4.69) is 6.92 Å². The highest BCUT2D eigenvalue weighted by atomic mass is 16.2. The van der Waals surface area contributed by atoms with Gasteiger partial charge in [-0.05, 0) is 25.2 Å². The minimum absolute atomic E-state index is 0.196. The summed E-state index contributed by atoms with van der Waals surface area (Å²) < 4.78 is 0. The van der Waals surface area contributed by atoms with E-state index in [0.29, 0.717) is 25.3 Å². The largest absolute Gasteiger partial charge is 0.342 e. The topological polar surface area (TPSA) is 57.7 Å². The van der Waals surface area contributed by atoms with Gasteiger partial charge in [-0.25, -0.2) is 0 Å². The van der Waals surface area contributed by atoms with Crippen LogP contribution in [-0.4, -0.2) is 47.2 Å². The van der Waals surface area contributed by atoms with Crippen LogP contribution in [0.5, 0.6) is 0 Å². The molecule has 0 spiro atoms. The molecule has 1 atom stereocenters. The van der Waals surface area contributed by atoms with E-state index in [0.717, 1.165) is 25.9 Å². The van der Waals surface area contributed by atoms with Crippen molar-refractivity contribution in [1.82, 2.24) is 9.80 Å². The summed E-state index contributed by atoms with van der Waals surface area (Å²) in [5.41, 5.74) is 0. The molecule has 3 amide bonds. The predicted octanol–water partition coefficient (Wildman–Crippen LogP) is 0.950. The molecule has 2 heterocycles. The van der Waals surface area contributed by atoms with E-state index in [1.807, 2.05) is 4.90 Å². The van der Waals surface area contributed by atoms with Crippen molar-refractivity contribution in [2.75, 3.05) is 19.6 Å². The minimum atomic E-state index is -0.246. The lowest BCUT2D eigenvalue weighted by Gasteiger charge is -2.16. The van der Waals surface area contributed by atoms with E-state index in [9.17, 15) is 14.4 Å². The summed E-state index contributed by atoms with van der Waals surface area (Å²) in [5, 5.41) is 0. The number of imide groups is 1. The maximum absolute atomic E-state index is 11.9. The van der Waals surface area contributed by atoms with Crippen LogP contribution in [0.2, 0.25) is 0 Å². The first-order valence-corrected chi connectivity index (χ1v) is 6.89. The Kier molecular flexibility index (Phi) is 4.35. The number of nitrogens with zero attached hydrogens (tertiary/aromatic N) is 2. The molecule has 0 aromatic heterocycles. The van der Waals surface area contributed by atoms with Crippen LogP contribution in [0, 0.1) is 5.92 Å². The van der Waals surface area contributed by atoms with Gasteiger partial charge in [-0.3, -0.25) is 19.3 Å². The number of unbranched alkanes of at least 4 members (excludes halogenated alkanes) is 1. The van der Waals surface area contributed by atoms with Gasteiger partial charge >= 0.3 is 0 Å². The van der Waals surface area contributed by atoms with Crippen LogP contribution >= 0.6 is 0 Å². The first-order valence-electron chi connectivity index (χ1n) is 6.89. The molecular formula is C14H20N2O3. The monoisotopic (exact) mass is 264 g/mol. The van der Waals surface area contributed by atoms with Crippen LogP contribution in [0.4, 0.5) is 0 Å². The van der Waals surface area contributed by atoms with Crippen LogP contribution in [-0.2, 0) is 14.4 Å². The van der Waals surface area contributed by atoms with Gasteiger partial charge in [-0.1, -0.05) is 6.92 Å². The van der Waals surface area contributed by atoms with Crippen LogP contribution in [0.1, 0.15) is 32.6 Å². The van der Waals surface area contributed by atoms with Gasteiger partial charge in [0.1, 0.15) is 0 Å². The van der Waals surface area contributed by atoms with Crippen molar-refractivity contribution in [1.29, 1.82) is 0 Å². The Labute approximate surface area is 113 Å². The third-order valence-corrected chi connectivity index (χ3v) is 3.70. The molecule has 0 bridgehead atoms. The van der Waals surface area contributed by atoms with Gasteiger partial charge in [0.15, 0.2) is 0 Å². The highest BCUT2D eigenvalue weighted by Crippen LogP contribution is 2.16. The van der Waals surface area contributed by atoms with Crippen LogP contribution in [0.15, 0.2) is 12.2 Å². The van der Waals surface area contributed by atoms with Crippen LogP contribution in [0.3, 0.4) is 0 Å². The van der Waals surface area contributed by atoms with E-state index in [1.165, 1.54) is 17.1 Å². The Morgan fingerprint density at radius 3 is 2.53 bits per heavy atom. The molecule has 104 valence electrons. The van der Waals surface area contributed by atoms with Gasteiger partial charge in [-0.2, -0.15) is 0 Å². The Hall–Kier alpha value is -1.65. The number of rotatable bonds is 5. The maximum Gasteiger partial charge on any atom is 0.253 e. The molecule has 2 rings (SSSR count). The predicted molar refractivity (Wildman–Crippen MR) is 70.1 cm³/mol. The summed E-state index contributed by atoms with van der Waals surface area (Å²) >= 11 is 0. The quantitative estimate of drug-likeness (QED) is 0.549. The van der Waals surface area contributed by atoms with Crippen molar-refractivity contribution in [2.24, 2.45) is 5.92 Å². The molecule has 2 aliphatic heterocycles. The summed E-state index contributed by atoms with van der Waals surface area (Å²) in [6.45, 7) is 4.30. The number of amides is 3. The summed E-state index contributed by atoms with van der Waals surface area (Å²) in [6.07, 6.45) is 5.60. The molecule has 0 aromatic carbocycles. The average molecular weight is 264 g/mol. The van der Waals surface area contributed by atoms with Crippen molar-refractivity contribution in [3.8, 4) is 0 Å². The summed E-state index contributed by atoms with van der Waals surface area (Å²) in [5.74, 6) is 0.311. The molecule has 2 aliphatic rings. The van der Waals surface area contributed by atoms with Gasteiger partial charge in [0.25, 0.3) is 11.8 Å². The fourth-order valence-electron chi connectivity index (χ4n) is 2.52. The van der Waals surface area contributed by atoms with Gasteiger partial charge in [0, 0.05) is 38.2 Å². The standard InChI is InChI=1S/C14H20N2O3/c1-11-7-9-15(10-11)12(17)4-2-3-8-16-13(18)5-6-14(16)19/h5-6,11H,2-4,7-10H2,1H3/t11-/m1/s1. The van der Waals surface area contributed by atoms with Crippen molar-refractivity contribution in [3.05, 3.63) is 12.2 Å². The van der Waals surface area contributed by atoms with E-state index in [4.69, 9.17) is 0 Å². The lowest BCUT2D eigenvalue weighted by molar-refractivity contribution is -0.136. The fraction of sp³-hybridized carbons (Fsp3) is 0.643. The van der Waals surface area contributed by atoms with Gasteiger partial charge in [0.05, 0.1) is 0 Å². The molecule has 1 fully saturated rings. The van der Waals surface area contributed by atoms with E-state index in [1.54, 1.807) is 0 Å². The summed E-state index contributed by atoms with van der Waals surface area (Å²) in [7, 11) is 0. The number of carbonyl (C=O) groups excluding carboxylic acids is 3. The third kappa shape index (κ3) is 3.43. The van der Waals surface area contributed by atoms with Gasteiger partial charge < -0.3 is 4.90 Å².